The van der Waals surface area contributed by atoms with Crippen molar-refractivity contribution in [1.82, 2.24) is 0 Å². The molecule has 6 heteroatoms. The highest BCUT2D eigenvalue weighted by atomic mass is 16.4. The number of hydrogen-bond acceptors (Lipinski definition) is 4. The number of carboxylic acids is 2. The van der Waals surface area contributed by atoms with E-state index in [1.807, 2.05) is 0 Å². The highest BCUT2D eigenvalue weighted by Crippen LogP contribution is 2.23. The van der Waals surface area contributed by atoms with E-state index < -0.39 is 24.0 Å². The average Bonchev–Trinajstić information content (AvgIpc) is 2.52. The Morgan fingerprint density at radius 2 is 1.00 bits per heavy atom. The third-order valence-electron chi connectivity index (χ3n) is 3.00. The van der Waals surface area contributed by atoms with E-state index in [0.717, 1.165) is 0 Å². The second-order valence-corrected chi connectivity index (χ2v) is 4.53. The van der Waals surface area contributed by atoms with Gasteiger partial charge in [0, 0.05) is 0 Å². The summed E-state index contributed by atoms with van der Waals surface area (Å²) in [6, 6.07) is 14.2. The fourth-order valence-corrected chi connectivity index (χ4v) is 1.92. The Morgan fingerprint density at radius 3 is 1.27 bits per heavy atom. The molecule has 0 amide bonds. The van der Waals surface area contributed by atoms with E-state index in [-0.39, 0.29) is 0 Å². The van der Waals surface area contributed by atoms with Gasteiger partial charge in [0.15, 0.2) is 12.1 Å². The summed E-state index contributed by atoms with van der Waals surface area (Å²) in [6.45, 7) is 0. The molecule has 0 bridgehead atoms. The minimum Gasteiger partial charge on any atom is -0.479 e. The number of aliphatic carboxylic acids is 2. The predicted octanol–water partition coefficient (Wildman–Crippen LogP) is 3.09. The molecule has 2 atom stereocenters. The van der Waals surface area contributed by atoms with Crippen LogP contribution < -0.4 is 0 Å². The third kappa shape index (κ3) is 3.76. The molecular weight excluding hydrogens is 284 g/mol. The van der Waals surface area contributed by atoms with Crippen molar-refractivity contribution >= 4 is 11.9 Å². The summed E-state index contributed by atoms with van der Waals surface area (Å²) >= 11 is 0. The average molecular weight is 298 g/mol. The summed E-state index contributed by atoms with van der Waals surface area (Å²) in [4.78, 5) is 22.6. The third-order valence-corrected chi connectivity index (χ3v) is 3.00. The van der Waals surface area contributed by atoms with Crippen molar-refractivity contribution in [3.05, 3.63) is 71.8 Å². The zero-order valence-electron chi connectivity index (χ0n) is 11.5. The lowest BCUT2D eigenvalue weighted by atomic mass is 10.1. The van der Waals surface area contributed by atoms with E-state index in [4.69, 9.17) is 0 Å². The van der Waals surface area contributed by atoms with Crippen LogP contribution in [-0.4, -0.2) is 22.2 Å². The zero-order chi connectivity index (χ0) is 15.9. The summed E-state index contributed by atoms with van der Waals surface area (Å²) in [6.07, 6.45) is 0. The Morgan fingerprint density at radius 1 is 0.682 bits per heavy atom. The van der Waals surface area contributed by atoms with Crippen molar-refractivity contribution in [3.8, 4) is 0 Å². The van der Waals surface area contributed by atoms with Gasteiger partial charge in [-0.15, -0.1) is 0 Å². The lowest BCUT2D eigenvalue weighted by Crippen LogP contribution is -2.12. The maximum Gasteiger partial charge on any atom is 0.335 e. The monoisotopic (exact) mass is 298 g/mol. The SMILES string of the molecule is O=C(O)C(N=NC(C(=O)O)c1ccccc1)c1ccccc1. The lowest BCUT2D eigenvalue weighted by molar-refractivity contribution is -0.140. The molecule has 0 heterocycles. The van der Waals surface area contributed by atoms with Gasteiger partial charge in [-0.25, -0.2) is 9.59 Å². The van der Waals surface area contributed by atoms with Gasteiger partial charge in [0.1, 0.15) is 0 Å². The fourth-order valence-electron chi connectivity index (χ4n) is 1.92. The predicted molar refractivity (Wildman–Crippen MR) is 78.5 cm³/mol. The zero-order valence-corrected chi connectivity index (χ0v) is 11.5. The van der Waals surface area contributed by atoms with Crippen molar-refractivity contribution in [1.29, 1.82) is 0 Å². The molecule has 0 radical (unpaired) electrons. The molecule has 2 N–H and O–H groups in total. The molecule has 0 aliphatic carbocycles. The number of benzene rings is 2. The number of carbonyl (C=O) groups is 2. The first-order valence-electron chi connectivity index (χ1n) is 6.55. The molecular formula is C16H14N2O4. The quantitative estimate of drug-likeness (QED) is 0.800. The van der Waals surface area contributed by atoms with Crippen LogP contribution >= 0.6 is 0 Å². The number of hydrogen-bond donors (Lipinski definition) is 2. The summed E-state index contributed by atoms with van der Waals surface area (Å²) in [5.74, 6) is -2.38. The van der Waals surface area contributed by atoms with Gasteiger partial charge < -0.3 is 10.2 Å². The molecule has 112 valence electrons. The van der Waals surface area contributed by atoms with Crippen LogP contribution in [0.4, 0.5) is 0 Å². The first-order chi connectivity index (χ1) is 10.6. The van der Waals surface area contributed by atoms with Crippen molar-refractivity contribution < 1.29 is 19.8 Å². The first kappa shape index (κ1) is 15.4. The van der Waals surface area contributed by atoms with E-state index in [0.29, 0.717) is 11.1 Å². The number of nitrogens with zero attached hydrogens (tertiary/aromatic N) is 2. The van der Waals surface area contributed by atoms with Crippen LogP contribution in [0.1, 0.15) is 23.2 Å². The smallest absolute Gasteiger partial charge is 0.335 e. The van der Waals surface area contributed by atoms with Crippen LogP contribution in [0.5, 0.6) is 0 Å². The van der Waals surface area contributed by atoms with E-state index in [9.17, 15) is 19.8 Å². The highest BCUT2D eigenvalue weighted by molar-refractivity contribution is 5.76. The Bertz CT molecular complexity index is 612. The van der Waals surface area contributed by atoms with Gasteiger partial charge in [0.2, 0.25) is 0 Å². The van der Waals surface area contributed by atoms with Crippen LogP contribution in [-0.2, 0) is 9.59 Å². The topological polar surface area (TPSA) is 99.3 Å². The summed E-state index contributed by atoms with van der Waals surface area (Å²) < 4.78 is 0. The van der Waals surface area contributed by atoms with E-state index in [1.54, 1.807) is 60.7 Å². The van der Waals surface area contributed by atoms with E-state index >= 15 is 0 Å². The molecule has 2 aromatic carbocycles. The Balaban J connectivity index is 2.29. The second-order valence-electron chi connectivity index (χ2n) is 4.53. The van der Waals surface area contributed by atoms with Crippen LogP contribution in [0.25, 0.3) is 0 Å². The largest absolute Gasteiger partial charge is 0.479 e. The van der Waals surface area contributed by atoms with Crippen molar-refractivity contribution in [2.75, 3.05) is 0 Å². The van der Waals surface area contributed by atoms with Crippen LogP contribution in [0.3, 0.4) is 0 Å². The van der Waals surface area contributed by atoms with Gasteiger partial charge in [-0.05, 0) is 11.1 Å². The molecule has 22 heavy (non-hydrogen) atoms. The van der Waals surface area contributed by atoms with Gasteiger partial charge in [-0.1, -0.05) is 60.7 Å². The first-order valence-corrected chi connectivity index (χ1v) is 6.55. The Labute approximate surface area is 126 Å². The highest BCUT2D eigenvalue weighted by Gasteiger charge is 2.23. The lowest BCUT2D eigenvalue weighted by Gasteiger charge is -2.09. The number of rotatable bonds is 6. The molecule has 2 rings (SSSR count). The second kappa shape index (κ2) is 7.12. The molecule has 0 fully saturated rings. The van der Waals surface area contributed by atoms with Crippen molar-refractivity contribution in [3.63, 3.8) is 0 Å². The molecule has 2 unspecified atom stereocenters. The molecule has 0 aliphatic rings. The van der Waals surface area contributed by atoms with Crippen LogP contribution in [0, 0.1) is 0 Å². The molecule has 0 spiro atoms. The van der Waals surface area contributed by atoms with Gasteiger partial charge in [-0.2, -0.15) is 10.2 Å². The van der Waals surface area contributed by atoms with Crippen LogP contribution in [0.15, 0.2) is 70.9 Å². The molecule has 6 nitrogen and oxygen atoms in total. The van der Waals surface area contributed by atoms with Gasteiger partial charge in [0.05, 0.1) is 0 Å². The van der Waals surface area contributed by atoms with Gasteiger partial charge in [0.25, 0.3) is 0 Å². The molecule has 0 aromatic heterocycles. The fraction of sp³-hybridized carbons (Fsp3) is 0.125. The number of carboxylic acid groups (broad SMARTS) is 2. The maximum atomic E-state index is 11.3. The van der Waals surface area contributed by atoms with E-state index in [1.165, 1.54) is 0 Å². The maximum absolute atomic E-state index is 11.3. The van der Waals surface area contributed by atoms with Crippen molar-refractivity contribution in [2.24, 2.45) is 10.2 Å². The molecule has 0 saturated carbocycles. The van der Waals surface area contributed by atoms with E-state index in [2.05, 4.69) is 10.2 Å². The summed E-state index contributed by atoms with van der Waals surface area (Å²) in [5, 5.41) is 26.0. The number of azo groups is 1. The minimum absolute atomic E-state index is 0.441. The minimum atomic E-state index is -1.23. The molecule has 0 aliphatic heterocycles. The van der Waals surface area contributed by atoms with Gasteiger partial charge in [-0.3, -0.25) is 0 Å². The Hall–Kier alpha value is -3.02. The summed E-state index contributed by atoms with van der Waals surface area (Å²) in [7, 11) is 0. The molecule has 0 saturated heterocycles. The normalized spacial score (nSPS) is 13.6. The molecule has 2 aromatic rings. The van der Waals surface area contributed by atoms with Crippen LogP contribution in [0.2, 0.25) is 0 Å². The Kier molecular flexibility index (Phi) is 4.98. The van der Waals surface area contributed by atoms with Crippen molar-refractivity contribution in [2.45, 2.75) is 12.1 Å². The standard InChI is InChI=1S/C16H14N2O4/c19-15(20)13(11-7-3-1-4-8-11)17-18-14(16(21)22)12-9-5-2-6-10-12/h1-10,13-14H,(H,19,20)(H,21,22). The summed E-state index contributed by atoms with van der Waals surface area (Å²) in [5.41, 5.74) is 0.881. The van der Waals surface area contributed by atoms with Gasteiger partial charge >= 0.3 is 11.9 Å².